The third-order valence-electron chi connectivity index (χ3n) is 4.42. The molecule has 3 rings (SSSR count). The van der Waals surface area contributed by atoms with E-state index in [4.69, 9.17) is 5.11 Å². The van der Waals surface area contributed by atoms with E-state index in [1.807, 2.05) is 26.0 Å². The zero-order chi connectivity index (χ0) is 14.7. The molecule has 1 aromatic rings. The maximum Gasteiger partial charge on any atom is 0.404 e. The predicted molar refractivity (Wildman–Crippen MR) is 75.2 cm³/mol. The van der Waals surface area contributed by atoms with Crippen molar-refractivity contribution < 1.29 is 14.7 Å². The lowest BCUT2D eigenvalue weighted by Crippen LogP contribution is -2.33. The Kier molecular flexibility index (Phi) is 2.58. The molecular weight excluding hydrogens is 256 g/mol. The first-order chi connectivity index (χ1) is 9.32. The van der Waals surface area contributed by atoms with Crippen LogP contribution in [0, 0.1) is 0 Å². The highest BCUT2D eigenvalue weighted by molar-refractivity contribution is 6.07. The van der Waals surface area contributed by atoms with Gasteiger partial charge in [-0.3, -0.25) is 4.79 Å². The van der Waals surface area contributed by atoms with Crippen LogP contribution in [-0.2, 0) is 10.2 Å². The second kappa shape index (κ2) is 3.98. The molecule has 2 unspecified atom stereocenters. The van der Waals surface area contributed by atoms with Gasteiger partial charge >= 0.3 is 6.09 Å². The van der Waals surface area contributed by atoms with Crippen LogP contribution in [0.4, 0.5) is 10.5 Å². The molecule has 1 saturated carbocycles. The number of rotatable bonds is 2. The summed E-state index contributed by atoms with van der Waals surface area (Å²) in [6.45, 7) is 3.86. The Bertz CT molecular complexity index is 609. The van der Waals surface area contributed by atoms with Crippen molar-refractivity contribution in [3.8, 4) is 0 Å². The van der Waals surface area contributed by atoms with Gasteiger partial charge in [0.1, 0.15) is 0 Å². The van der Waals surface area contributed by atoms with Crippen molar-refractivity contribution in [1.29, 1.82) is 0 Å². The van der Waals surface area contributed by atoms with Gasteiger partial charge in [-0.1, -0.05) is 12.1 Å². The van der Waals surface area contributed by atoms with Crippen LogP contribution in [0.5, 0.6) is 0 Å². The molecule has 2 atom stereocenters. The second-order valence-corrected chi connectivity index (χ2v) is 6.16. The average molecular weight is 274 g/mol. The van der Waals surface area contributed by atoms with Crippen molar-refractivity contribution in [1.82, 2.24) is 5.32 Å². The van der Waals surface area contributed by atoms with Gasteiger partial charge in [-0.2, -0.15) is 0 Å². The molecule has 0 radical (unpaired) electrons. The molecule has 5 heteroatoms. The number of hydrogen-bond acceptors (Lipinski definition) is 2. The Hall–Kier alpha value is -2.04. The van der Waals surface area contributed by atoms with Gasteiger partial charge in [0.05, 0.1) is 5.41 Å². The highest BCUT2D eigenvalue weighted by Gasteiger charge is 2.44. The topological polar surface area (TPSA) is 69.6 Å². The molecule has 2 N–H and O–H groups in total. The smallest absolute Gasteiger partial charge is 0.404 e. The molecule has 0 saturated heterocycles. The van der Waals surface area contributed by atoms with E-state index in [9.17, 15) is 9.59 Å². The monoisotopic (exact) mass is 274 g/mol. The van der Waals surface area contributed by atoms with E-state index in [0.29, 0.717) is 0 Å². The van der Waals surface area contributed by atoms with Crippen LogP contribution in [0.1, 0.15) is 37.3 Å². The van der Waals surface area contributed by atoms with Crippen LogP contribution in [0.15, 0.2) is 18.2 Å². The number of anilines is 1. The van der Waals surface area contributed by atoms with Crippen LogP contribution in [-0.4, -0.2) is 30.2 Å². The van der Waals surface area contributed by atoms with Gasteiger partial charge in [0.2, 0.25) is 5.91 Å². The van der Waals surface area contributed by atoms with Crippen molar-refractivity contribution in [2.24, 2.45) is 0 Å². The molecule has 1 fully saturated rings. The molecule has 0 aromatic heterocycles. The van der Waals surface area contributed by atoms with Crippen molar-refractivity contribution in [3.05, 3.63) is 29.3 Å². The Morgan fingerprint density at radius 3 is 2.80 bits per heavy atom. The van der Waals surface area contributed by atoms with Gasteiger partial charge in [-0.15, -0.1) is 0 Å². The van der Waals surface area contributed by atoms with Gasteiger partial charge < -0.3 is 15.3 Å². The molecule has 20 heavy (non-hydrogen) atoms. The van der Waals surface area contributed by atoms with Gasteiger partial charge in [-0.25, -0.2) is 4.79 Å². The molecular formula is C15H18N2O3. The first kappa shape index (κ1) is 13.0. The number of benzene rings is 1. The number of fused-ring (bicyclic) bond motifs is 1. The number of carbonyl (C=O) groups excluding carboxylic acids is 1. The van der Waals surface area contributed by atoms with E-state index in [1.54, 1.807) is 11.9 Å². The SMILES string of the molecule is CN1C(=O)C(C)(C)c2cc(C3CC3NC(=O)O)ccc21. The van der Waals surface area contributed by atoms with Crippen LogP contribution in [0.25, 0.3) is 0 Å². The minimum absolute atomic E-state index is 0.00324. The summed E-state index contributed by atoms with van der Waals surface area (Å²) >= 11 is 0. The fourth-order valence-electron chi connectivity index (χ4n) is 3.10. The van der Waals surface area contributed by atoms with Crippen molar-refractivity contribution in [2.75, 3.05) is 11.9 Å². The number of carboxylic acid groups (broad SMARTS) is 1. The number of nitrogens with one attached hydrogen (secondary N) is 1. The molecule has 5 nitrogen and oxygen atoms in total. The molecule has 1 aromatic carbocycles. The summed E-state index contributed by atoms with van der Waals surface area (Å²) in [5.74, 6) is 0.328. The lowest BCUT2D eigenvalue weighted by molar-refractivity contribution is -0.121. The van der Waals surface area contributed by atoms with E-state index in [-0.39, 0.29) is 17.9 Å². The Morgan fingerprint density at radius 1 is 1.45 bits per heavy atom. The standard InChI is InChI=1S/C15H18N2O3/c1-15(2)10-6-8(9-7-11(9)16-14(19)20)4-5-12(10)17(3)13(15)18/h4-6,9,11,16H,7H2,1-3H3,(H,19,20). The van der Waals surface area contributed by atoms with E-state index < -0.39 is 11.5 Å². The Balaban J connectivity index is 1.90. The lowest BCUT2D eigenvalue weighted by Gasteiger charge is -2.16. The van der Waals surface area contributed by atoms with Gasteiger partial charge in [0.15, 0.2) is 0 Å². The fraction of sp³-hybridized carbons (Fsp3) is 0.467. The van der Waals surface area contributed by atoms with Gasteiger partial charge in [0, 0.05) is 24.7 Å². The second-order valence-electron chi connectivity index (χ2n) is 6.16. The summed E-state index contributed by atoms with van der Waals surface area (Å²) < 4.78 is 0. The van der Waals surface area contributed by atoms with Crippen LogP contribution in [0.3, 0.4) is 0 Å². The van der Waals surface area contributed by atoms with Crippen molar-refractivity contribution >= 4 is 17.7 Å². The summed E-state index contributed by atoms with van der Waals surface area (Å²) in [5, 5.41) is 11.2. The maximum atomic E-state index is 12.2. The fourth-order valence-corrected chi connectivity index (χ4v) is 3.10. The highest BCUT2D eigenvalue weighted by atomic mass is 16.4. The van der Waals surface area contributed by atoms with Crippen molar-refractivity contribution in [3.63, 3.8) is 0 Å². The third-order valence-corrected chi connectivity index (χ3v) is 4.42. The first-order valence-electron chi connectivity index (χ1n) is 6.74. The molecule has 2 amide bonds. The molecule has 1 aliphatic heterocycles. The molecule has 0 spiro atoms. The predicted octanol–water partition coefficient (Wildman–Crippen LogP) is 2.06. The Morgan fingerprint density at radius 2 is 2.15 bits per heavy atom. The summed E-state index contributed by atoms with van der Waals surface area (Å²) in [6.07, 6.45) is -0.149. The minimum Gasteiger partial charge on any atom is -0.465 e. The molecule has 106 valence electrons. The highest BCUT2D eigenvalue weighted by Crippen LogP contribution is 2.46. The summed E-state index contributed by atoms with van der Waals surface area (Å²) in [7, 11) is 1.79. The molecule has 0 bridgehead atoms. The number of amides is 2. The maximum absolute atomic E-state index is 12.2. The van der Waals surface area contributed by atoms with E-state index in [1.165, 1.54) is 0 Å². The normalized spacial score (nSPS) is 26.4. The van der Waals surface area contributed by atoms with Crippen LogP contribution < -0.4 is 10.2 Å². The van der Waals surface area contributed by atoms with E-state index in [2.05, 4.69) is 11.4 Å². The van der Waals surface area contributed by atoms with E-state index >= 15 is 0 Å². The van der Waals surface area contributed by atoms with Gasteiger partial charge in [-0.05, 0) is 37.5 Å². The first-order valence-corrected chi connectivity index (χ1v) is 6.74. The minimum atomic E-state index is -0.978. The van der Waals surface area contributed by atoms with Crippen molar-refractivity contribution in [2.45, 2.75) is 37.6 Å². The molecule has 1 heterocycles. The number of likely N-dealkylation sites (N-methyl/N-ethyl adjacent to an activating group) is 1. The largest absolute Gasteiger partial charge is 0.465 e. The van der Waals surface area contributed by atoms with Crippen LogP contribution >= 0.6 is 0 Å². The summed E-state index contributed by atoms with van der Waals surface area (Å²) in [6, 6.07) is 6.03. The van der Waals surface area contributed by atoms with Gasteiger partial charge in [0.25, 0.3) is 0 Å². The quantitative estimate of drug-likeness (QED) is 0.867. The molecule has 1 aliphatic carbocycles. The third kappa shape index (κ3) is 1.77. The lowest BCUT2D eigenvalue weighted by atomic mass is 9.85. The molecule has 2 aliphatic rings. The number of hydrogen-bond donors (Lipinski definition) is 2. The zero-order valence-corrected chi connectivity index (χ0v) is 11.8. The van der Waals surface area contributed by atoms with Crippen LogP contribution in [0.2, 0.25) is 0 Å². The average Bonchev–Trinajstić information content (AvgIpc) is 3.11. The zero-order valence-electron chi connectivity index (χ0n) is 11.8. The number of nitrogens with zero attached hydrogens (tertiary/aromatic N) is 1. The van der Waals surface area contributed by atoms with E-state index in [0.717, 1.165) is 23.2 Å². The Labute approximate surface area is 117 Å². The number of carbonyl (C=O) groups is 2. The summed E-state index contributed by atoms with van der Waals surface area (Å²) in [5.41, 5.74) is 2.58. The summed E-state index contributed by atoms with van der Waals surface area (Å²) in [4.78, 5) is 24.6.